The number of ether oxygens (including phenoxy) is 1. The second-order valence-corrected chi connectivity index (χ2v) is 5.82. The predicted octanol–water partition coefficient (Wildman–Crippen LogP) is 2.16. The van der Waals surface area contributed by atoms with Gasteiger partial charge in [0.2, 0.25) is 0 Å². The molecule has 0 amide bonds. The van der Waals surface area contributed by atoms with Gasteiger partial charge in [0, 0.05) is 31.7 Å². The first-order valence-electron chi connectivity index (χ1n) is 7.45. The van der Waals surface area contributed by atoms with Crippen LogP contribution in [0.4, 0.5) is 0 Å². The van der Waals surface area contributed by atoms with E-state index in [9.17, 15) is 0 Å². The summed E-state index contributed by atoms with van der Waals surface area (Å²) in [5.41, 5.74) is 2.91. The number of nitrogens with one attached hydrogen (secondary N) is 1. The van der Waals surface area contributed by atoms with Crippen LogP contribution in [0.1, 0.15) is 30.9 Å². The molecular formula is C16H24N2O. The molecule has 1 heterocycles. The molecule has 19 heavy (non-hydrogen) atoms. The van der Waals surface area contributed by atoms with Crippen LogP contribution in [0.15, 0.2) is 24.3 Å². The molecule has 1 aromatic rings. The minimum absolute atomic E-state index is 0.526. The van der Waals surface area contributed by atoms with E-state index in [0.29, 0.717) is 6.04 Å². The molecule has 0 spiro atoms. The van der Waals surface area contributed by atoms with Gasteiger partial charge >= 0.3 is 0 Å². The molecule has 3 rings (SSSR count). The minimum atomic E-state index is 0.526. The molecule has 1 atom stereocenters. The van der Waals surface area contributed by atoms with Crippen LogP contribution in [-0.2, 0) is 17.8 Å². The van der Waals surface area contributed by atoms with Gasteiger partial charge in [-0.05, 0) is 30.9 Å². The lowest BCUT2D eigenvalue weighted by Crippen LogP contribution is -2.43. The number of benzene rings is 1. The predicted molar refractivity (Wildman–Crippen MR) is 77.0 cm³/mol. The summed E-state index contributed by atoms with van der Waals surface area (Å²) < 4.78 is 5.51. The van der Waals surface area contributed by atoms with Crippen LogP contribution in [0.25, 0.3) is 0 Å². The molecule has 1 saturated carbocycles. The summed E-state index contributed by atoms with van der Waals surface area (Å²) in [6, 6.07) is 10.1. The molecule has 1 aliphatic carbocycles. The van der Waals surface area contributed by atoms with Crippen molar-refractivity contribution in [1.29, 1.82) is 0 Å². The van der Waals surface area contributed by atoms with Gasteiger partial charge in [-0.2, -0.15) is 0 Å². The van der Waals surface area contributed by atoms with Gasteiger partial charge in [0.15, 0.2) is 0 Å². The Hall–Kier alpha value is -0.900. The second-order valence-electron chi connectivity index (χ2n) is 5.82. The largest absolute Gasteiger partial charge is 0.379 e. The van der Waals surface area contributed by atoms with Gasteiger partial charge < -0.3 is 10.1 Å². The first-order chi connectivity index (χ1) is 9.33. The molecule has 2 fully saturated rings. The number of hydrogen-bond donors (Lipinski definition) is 1. The van der Waals surface area contributed by atoms with Crippen molar-refractivity contribution < 1.29 is 4.74 Å². The number of rotatable bonds is 5. The third-order valence-electron chi connectivity index (χ3n) is 4.16. The van der Waals surface area contributed by atoms with E-state index in [-0.39, 0.29) is 0 Å². The van der Waals surface area contributed by atoms with Crippen LogP contribution in [0.2, 0.25) is 0 Å². The van der Waals surface area contributed by atoms with Crippen LogP contribution in [0, 0.1) is 0 Å². The zero-order valence-corrected chi connectivity index (χ0v) is 11.8. The summed E-state index contributed by atoms with van der Waals surface area (Å²) >= 11 is 0. The van der Waals surface area contributed by atoms with Crippen LogP contribution < -0.4 is 5.32 Å². The van der Waals surface area contributed by atoms with Crippen molar-refractivity contribution >= 4 is 0 Å². The van der Waals surface area contributed by atoms with E-state index < -0.39 is 0 Å². The summed E-state index contributed by atoms with van der Waals surface area (Å²) in [5.74, 6) is 0. The lowest BCUT2D eigenvalue weighted by molar-refractivity contribution is -0.00448. The van der Waals surface area contributed by atoms with Crippen LogP contribution in [0.3, 0.4) is 0 Å². The molecule has 1 saturated heterocycles. The maximum absolute atomic E-state index is 5.51. The van der Waals surface area contributed by atoms with Crippen molar-refractivity contribution in [1.82, 2.24) is 10.2 Å². The highest BCUT2D eigenvalue weighted by Gasteiger charge is 2.22. The molecule has 1 aliphatic heterocycles. The zero-order valence-electron chi connectivity index (χ0n) is 11.8. The lowest BCUT2D eigenvalue weighted by atomic mass is 10.1. The van der Waals surface area contributed by atoms with Crippen molar-refractivity contribution in [2.75, 3.05) is 19.8 Å². The molecule has 0 radical (unpaired) electrons. The molecule has 1 aromatic carbocycles. The van der Waals surface area contributed by atoms with Gasteiger partial charge in [0.1, 0.15) is 0 Å². The SMILES string of the molecule is CC1COCCN1Cc1ccccc1CNC1CC1. The normalized spacial score (nSPS) is 24.6. The molecule has 104 valence electrons. The average molecular weight is 260 g/mol. The van der Waals surface area contributed by atoms with E-state index in [2.05, 4.69) is 41.4 Å². The molecule has 3 heteroatoms. The molecule has 2 aliphatic rings. The maximum Gasteiger partial charge on any atom is 0.0619 e. The van der Waals surface area contributed by atoms with Gasteiger partial charge in [-0.3, -0.25) is 4.90 Å². The molecule has 3 nitrogen and oxygen atoms in total. The van der Waals surface area contributed by atoms with E-state index in [1.165, 1.54) is 24.0 Å². The third kappa shape index (κ3) is 3.56. The summed E-state index contributed by atoms with van der Waals surface area (Å²) in [6.07, 6.45) is 2.70. The Morgan fingerprint density at radius 3 is 2.79 bits per heavy atom. The minimum Gasteiger partial charge on any atom is -0.379 e. The van der Waals surface area contributed by atoms with E-state index in [1.54, 1.807) is 0 Å². The Morgan fingerprint density at radius 2 is 2.05 bits per heavy atom. The molecule has 1 N–H and O–H groups in total. The lowest BCUT2D eigenvalue weighted by Gasteiger charge is -2.33. The van der Waals surface area contributed by atoms with Crippen LogP contribution >= 0.6 is 0 Å². The Morgan fingerprint density at radius 1 is 1.26 bits per heavy atom. The monoisotopic (exact) mass is 260 g/mol. The summed E-state index contributed by atoms with van der Waals surface area (Å²) in [4.78, 5) is 2.53. The highest BCUT2D eigenvalue weighted by molar-refractivity contribution is 5.27. The van der Waals surface area contributed by atoms with E-state index >= 15 is 0 Å². The number of hydrogen-bond acceptors (Lipinski definition) is 3. The number of morpholine rings is 1. The van der Waals surface area contributed by atoms with E-state index in [0.717, 1.165) is 38.9 Å². The van der Waals surface area contributed by atoms with Gasteiger partial charge in [-0.25, -0.2) is 0 Å². The summed E-state index contributed by atoms with van der Waals surface area (Å²) in [7, 11) is 0. The smallest absolute Gasteiger partial charge is 0.0619 e. The van der Waals surface area contributed by atoms with Crippen LogP contribution in [0.5, 0.6) is 0 Å². The van der Waals surface area contributed by atoms with Crippen LogP contribution in [-0.4, -0.2) is 36.7 Å². The third-order valence-corrected chi connectivity index (χ3v) is 4.16. The molecular weight excluding hydrogens is 236 g/mol. The second kappa shape index (κ2) is 6.04. The maximum atomic E-state index is 5.51. The first-order valence-corrected chi connectivity index (χ1v) is 7.45. The fourth-order valence-corrected chi connectivity index (χ4v) is 2.64. The fraction of sp³-hybridized carbons (Fsp3) is 0.625. The van der Waals surface area contributed by atoms with Crippen molar-refractivity contribution in [2.24, 2.45) is 0 Å². The summed E-state index contributed by atoms with van der Waals surface area (Å²) in [5, 5.41) is 3.62. The molecule has 0 bridgehead atoms. The van der Waals surface area contributed by atoms with Gasteiger partial charge in [0.25, 0.3) is 0 Å². The van der Waals surface area contributed by atoms with E-state index in [1.807, 2.05) is 0 Å². The molecule has 1 unspecified atom stereocenters. The Labute approximate surface area is 115 Å². The molecule has 0 aromatic heterocycles. The highest BCUT2D eigenvalue weighted by Crippen LogP contribution is 2.21. The van der Waals surface area contributed by atoms with Crippen molar-refractivity contribution in [2.45, 2.75) is 44.9 Å². The van der Waals surface area contributed by atoms with Crippen molar-refractivity contribution in [3.8, 4) is 0 Å². The highest BCUT2D eigenvalue weighted by atomic mass is 16.5. The average Bonchev–Trinajstić information content (AvgIpc) is 3.24. The van der Waals surface area contributed by atoms with Crippen molar-refractivity contribution in [3.05, 3.63) is 35.4 Å². The first kappa shape index (κ1) is 13.1. The Bertz CT molecular complexity index is 417. The van der Waals surface area contributed by atoms with Gasteiger partial charge in [0.05, 0.1) is 13.2 Å². The Balaban J connectivity index is 1.64. The standard InChI is InChI=1S/C16H24N2O/c1-13-12-19-9-8-18(13)11-15-5-3-2-4-14(15)10-17-16-6-7-16/h2-5,13,16-17H,6-12H2,1H3. The van der Waals surface area contributed by atoms with Crippen molar-refractivity contribution in [3.63, 3.8) is 0 Å². The van der Waals surface area contributed by atoms with E-state index in [4.69, 9.17) is 4.74 Å². The summed E-state index contributed by atoms with van der Waals surface area (Å²) in [6.45, 7) is 7.09. The topological polar surface area (TPSA) is 24.5 Å². The number of nitrogens with zero attached hydrogens (tertiary/aromatic N) is 1. The fourth-order valence-electron chi connectivity index (χ4n) is 2.64. The zero-order chi connectivity index (χ0) is 13.1. The van der Waals surface area contributed by atoms with Gasteiger partial charge in [-0.1, -0.05) is 24.3 Å². The quantitative estimate of drug-likeness (QED) is 0.878. The Kier molecular flexibility index (Phi) is 4.16. The van der Waals surface area contributed by atoms with Gasteiger partial charge in [-0.15, -0.1) is 0 Å².